The molecule has 2 heteroatoms. The number of rotatable bonds is 17. The smallest absolute Gasteiger partial charge is 0.0739 e. The minimum Gasteiger partial charge on any atom is -0.358 e. The Kier molecular flexibility index (Phi) is 19.9. The molecular weight excluding hydrogens is 310 g/mol. The maximum Gasteiger partial charge on any atom is 0.0739 e. The van der Waals surface area contributed by atoms with Crippen LogP contribution in [0.25, 0.3) is 0 Å². The van der Waals surface area contributed by atoms with Crippen LogP contribution in [-0.4, -0.2) is 11.9 Å². The van der Waals surface area contributed by atoms with Crippen molar-refractivity contribution in [2.45, 2.75) is 103 Å². The fourth-order valence-corrected chi connectivity index (χ4v) is 3.14. The SMILES string of the molecule is [NH3+]CCCCCCCCCCCCCCCCCCBr. The van der Waals surface area contributed by atoms with Crippen molar-refractivity contribution in [3.05, 3.63) is 0 Å². The number of unbranched alkanes of at least 4 members (excludes halogenated alkanes) is 15. The van der Waals surface area contributed by atoms with Crippen LogP contribution in [0, 0.1) is 0 Å². The Morgan fingerprint density at radius 2 is 0.650 bits per heavy atom. The predicted molar refractivity (Wildman–Crippen MR) is 95.4 cm³/mol. The molecule has 0 heterocycles. The quantitative estimate of drug-likeness (QED) is 0.251. The van der Waals surface area contributed by atoms with E-state index in [2.05, 4.69) is 21.7 Å². The summed E-state index contributed by atoms with van der Waals surface area (Å²) < 4.78 is 0. The highest BCUT2D eigenvalue weighted by Crippen LogP contribution is 2.13. The average Bonchev–Trinajstić information content (AvgIpc) is 2.47. The minimum absolute atomic E-state index is 1.12. The molecule has 0 atom stereocenters. The third-order valence-electron chi connectivity index (χ3n) is 4.13. The van der Waals surface area contributed by atoms with Crippen LogP contribution in [0.15, 0.2) is 0 Å². The van der Waals surface area contributed by atoms with Crippen molar-refractivity contribution >= 4 is 15.9 Å². The van der Waals surface area contributed by atoms with Crippen molar-refractivity contribution in [2.75, 3.05) is 11.9 Å². The van der Waals surface area contributed by atoms with Crippen molar-refractivity contribution in [3.63, 3.8) is 0 Å². The molecule has 0 aliphatic carbocycles. The normalized spacial score (nSPS) is 11.1. The largest absolute Gasteiger partial charge is 0.358 e. The fraction of sp³-hybridized carbons (Fsp3) is 1.00. The lowest BCUT2D eigenvalue weighted by Crippen LogP contribution is -2.50. The molecule has 0 radical (unpaired) electrons. The Morgan fingerprint density at radius 3 is 0.900 bits per heavy atom. The molecule has 0 fully saturated rings. The average molecular weight is 349 g/mol. The van der Waals surface area contributed by atoms with E-state index in [1.165, 1.54) is 108 Å². The Bertz CT molecular complexity index is 143. The Hall–Kier alpha value is 0.440. The summed E-state index contributed by atoms with van der Waals surface area (Å²) in [5, 5.41) is 1.18. The molecule has 122 valence electrons. The Labute approximate surface area is 136 Å². The van der Waals surface area contributed by atoms with Crippen LogP contribution < -0.4 is 5.73 Å². The molecule has 0 aliphatic rings. The van der Waals surface area contributed by atoms with Crippen LogP contribution >= 0.6 is 15.9 Å². The molecule has 20 heavy (non-hydrogen) atoms. The van der Waals surface area contributed by atoms with Crippen molar-refractivity contribution < 1.29 is 5.73 Å². The maximum atomic E-state index is 3.89. The molecule has 0 saturated carbocycles. The highest BCUT2D eigenvalue weighted by Gasteiger charge is 1.94. The first kappa shape index (κ1) is 20.4. The second-order valence-electron chi connectivity index (χ2n) is 6.20. The van der Waals surface area contributed by atoms with E-state index in [1.807, 2.05) is 0 Å². The zero-order valence-corrected chi connectivity index (χ0v) is 15.4. The van der Waals surface area contributed by atoms with Gasteiger partial charge in [0.05, 0.1) is 6.54 Å². The summed E-state index contributed by atoms with van der Waals surface area (Å²) in [7, 11) is 0. The van der Waals surface area contributed by atoms with Gasteiger partial charge in [-0.2, -0.15) is 0 Å². The van der Waals surface area contributed by atoms with Gasteiger partial charge in [0.15, 0.2) is 0 Å². The van der Waals surface area contributed by atoms with Crippen LogP contribution in [-0.2, 0) is 0 Å². The fourth-order valence-electron chi connectivity index (χ4n) is 2.75. The van der Waals surface area contributed by atoms with E-state index in [4.69, 9.17) is 0 Å². The van der Waals surface area contributed by atoms with Crippen LogP contribution in [0.1, 0.15) is 103 Å². The van der Waals surface area contributed by atoms with E-state index in [-0.39, 0.29) is 0 Å². The Balaban J connectivity index is 2.89. The number of quaternary nitrogens is 1. The standard InChI is InChI=1S/C18H38BrN/c19-17-15-13-11-9-7-5-3-1-2-4-6-8-10-12-14-16-18-20/h1-18,20H2/p+1. The lowest BCUT2D eigenvalue weighted by Gasteiger charge is -2.03. The van der Waals surface area contributed by atoms with E-state index >= 15 is 0 Å². The second kappa shape index (κ2) is 19.4. The molecule has 0 aromatic rings. The van der Waals surface area contributed by atoms with Gasteiger partial charge in [0, 0.05) is 5.33 Å². The van der Waals surface area contributed by atoms with Crippen LogP contribution in [0.4, 0.5) is 0 Å². The highest BCUT2D eigenvalue weighted by molar-refractivity contribution is 9.09. The molecule has 0 spiro atoms. The molecule has 0 aliphatic heterocycles. The summed E-state index contributed by atoms with van der Waals surface area (Å²) in [5.74, 6) is 0. The molecular formula is C18H39BrN+. The molecule has 0 aromatic carbocycles. The van der Waals surface area contributed by atoms with E-state index in [9.17, 15) is 0 Å². The zero-order valence-electron chi connectivity index (χ0n) is 13.8. The summed E-state index contributed by atoms with van der Waals surface area (Å²) in [6.07, 6.45) is 23.1. The zero-order chi connectivity index (χ0) is 14.7. The molecule has 0 aromatic heterocycles. The molecule has 0 rings (SSSR count). The van der Waals surface area contributed by atoms with Gasteiger partial charge in [-0.1, -0.05) is 99.4 Å². The van der Waals surface area contributed by atoms with Gasteiger partial charge in [-0.05, 0) is 19.3 Å². The lowest BCUT2D eigenvalue weighted by molar-refractivity contribution is -0.368. The number of halogens is 1. The van der Waals surface area contributed by atoms with Crippen molar-refractivity contribution in [1.29, 1.82) is 0 Å². The minimum atomic E-state index is 1.12. The monoisotopic (exact) mass is 348 g/mol. The van der Waals surface area contributed by atoms with Crippen molar-refractivity contribution in [1.82, 2.24) is 0 Å². The Morgan fingerprint density at radius 1 is 0.400 bits per heavy atom. The van der Waals surface area contributed by atoms with Crippen molar-refractivity contribution in [2.24, 2.45) is 0 Å². The van der Waals surface area contributed by atoms with Gasteiger partial charge >= 0.3 is 0 Å². The van der Waals surface area contributed by atoms with Gasteiger partial charge in [0.25, 0.3) is 0 Å². The molecule has 0 unspecified atom stereocenters. The van der Waals surface area contributed by atoms with E-state index in [1.54, 1.807) is 0 Å². The van der Waals surface area contributed by atoms with E-state index in [0.29, 0.717) is 0 Å². The number of hydrogen-bond donors (Lipinski definition) is 1. The first-order valence-corrected chi connectivity index (χ1v) is 10.4. The number of alkyl halides is 1. The van der Waals surface area contributed by atoms with Gasteiger partial charge in [-0.25, -0.2) is 0 Å². The van der Waals surface area contributed by atoms with E-state index < -0.39 is 0 Å². The van der Waals surface area contributed by atoms with Gasteiger partial charge in [0.1, 0.15) is 0 Å². The summed E-state index contributed by atoms with van der Waals surface area (Å²) in [5.41, 5.74) is 3.89. The van der Waals surface area contributed by atoms with Gasteiger partial charge < -0.3 is 5.73 Å². The number of hydrogen-bond acceptors (Lipinski definition) is 0. The van der Waals surface area contributed by atoms with E-state index in [0.717, 1.165) is 6.54 Å². The summed E-state index contributed by atoms with van der Waals surface area (Å²) in [4.78, 5) is 0. The maximum absolute atomic E-state index is 3.89. The topological polar surface area (TPSA) is 27.6 Å². The molecule has 1 nitrogen and oxygen atoms in total. The van der Waals surface area contributed by atoms with Crippen LogP contribution in [0.3, 0.4) is 0 Å². The third kappa shape index (κ3) is 18.4. The molecule has 3 N–H and O–H groups in total. The van der Waals surface area contributed by atoms with Gasteiger partial charge in [-0.15, -0.1) is 0 Å². The van der Waals surface area contributed by atoms with Gasteiger partial charge in [-0.3, -0.25) is 0 Å². The van der Waals surface area contributed by atoms with Crippen LogP contribution in [0.5, 0.6) is 0 Å². The molecule has 0 bridgehead atoms. The summed E-state index contributed by atoms with van der Waals surface area (Å²) >= 11 is 3.49. The third-order valence-corrected chi connectivity index (χ3v) is 4.69. The van der Waals surface area contributed by atoms with Crippen LogP contribution in [0.2, 0.25) is 0 Å². The second-order valence-corrected chi connectivity index (χ2v) is 6.99. The summed E-state index contributed by atoms with van der Waals surface area (Å²) in [6.45, 7) is 1.12. The first-order valence-electron chi connectivity index (χ1n) is 9.27. The highest BCUT2D eigenvalue weighted by atomic mass is 79.9. The molecule has 0 amide bonds. The first-order chi connectivity index (χ1) is 9.91. The predicted octanol–water partition coefficient (Wildman–Crippen LogP) is 5.86. The van der Waals surface area contributed by atoms with Crippen molar-refractivity contribution in [3.8, 4) is 0 Å². The summed E-state index contributed by atoms with van der Waals surface area (Å²) in [6, 6.07) is 0. The van der Waals surface area contributed by atoms with Gasteiger partial charge in [0.2, 0.25) is 0 Å². The lowest BCUT2D eigenvalue weighted by atomic mass is 10.0. The molecule has 0 saturated heterocycles.